The molecule has 0 radical (unpaired) electrons. The van der Waals surface area contributed by atoms with Crippen LogP contribution >= 0.6 is 0 Å². The molecule has 34 heavy (non-hydrogen) atoms. The Morgan fingerprint density at radius 3 is 2.62 bits per heavy atom. The summed E-state index contributed by atoms with van der Waals surface area (Å²) < 4.78 is 43.4. The second kappa shape index (κ2) is 7.78. The number of imidazole rings is 1. The number of carbonyl (C=O) groups is 1. The highest BCUT2D eigenvalue weighted by Crippen LogP contribution is 2.32. The van der Waals surface area contributed by atoms with E-state index in [0.29, 0.717) is 5.65 Å². The van der Waals surface area contributed by atoms with E-state index < -0.39 is 23.3 Å². The highest BCUT2D eigenvalue weighted by molar-refractivity contribution is 6.05. The summed E-state index contributed by atoms with van der Waals surface area (Å²) in [7, 11) is 0. The molecule has 0 saturated carbocycles. The Morgan fingerprint density at radius 2 is 1.88 bits per heavy atom. The van der Waals surface area contributed by atoms with Crippen LogP contribution in [-0.2, 0) is 6.18 Å². The van der Waals surface area contributed by atoms with Gasteiger partial charge in [0.05, 0.1) is 42.2 Å². The smallest absolute Gasteiger partial charge is 0.320 e. The molecule has 12 nitrogen and oxygen atoms in total. The molecule has 5 rings (SSSR count). The molecule has 0 aliphatic rings. The maximum atomic E-state index is 13.7. The molecule has 5 heterocycles. The van der Waals surface area contributed by atoms with Crippen LogP contribution in [0.25, 0.3) is 17.3 Å². The van der Waals surface area contributed by atoms with Crippen LogP contribution in [-0.4, -0.2) is 50.0 Å². The molecule has 0 aliphatic heterocycles. The number of rotatable bonds is 4. The number of nitrogens with zero attached hydrogens (tertiary/aromatic N) is 10. The van der Waals surface area contributed by atoms with Crippen LogP contribution < -0.4 is 5.32 Å². The van der Waals surface area contributed by atoms with Crippen molar-refractivity contribution >= 4 is 17.2 Å². The summed E-state index contributed by atoms with van der Waals surface area (Å²) >= 11 is 0. The molecule has 15 heteroatoms. The molecule has 168 valence electrons. The van der Waals surface area contributed by atoms with E-state index >= 15 is 0 Å². The Kier molecular flexibility index (Phi) is 4.75. The van der Waals surface area contributed by atoms with Crippen molar-refractivity contribution in [1.29, 1.82) is 5.26 Å². The van der Waals surface area contributed by atoms with Gasteiger partial charge in [0.1, 0.15) is 11.6 Å². The molecule has 0 aliphatic carbocycles. The van der Waals surface area contributed by atoms with Gasteiger partial charge in [-0.2, -0.15) is 33.7 Å². The van der Waals surface area contributed by atoms with Crippen molar-refractivity contribution in [3.63, 3.8) is 0 Å². The summed E-state index contributed by atoms with van der Waals surface area (Å²) in [4.78, 5) is 25.9. The average Bonchev–Trinajstić information content (AvgIpc) is 3.58. The first kappa shape index (κ1) is 20.8. The van der Waals surface area contributed by atoms with Gasteiger partial charge in [0.2, 0.25) is 0 Å². The second-order valence-electron chi connectivity index (χ2n) is 6.73. The Bertz CT molecular complexity index is 1560. The van der Waals surface area contributed by atoms with Crippen LogP contribution in [0.4, 0.5) is 18.9 Å². The number of anilines is 1. The number of nitriles is 1. The number of hydrogen-bond acceptors (Lipinski definition) is 8. The molecule has 0 atom stereocenters. The molecule has 1 amide bonds. The van der Waals surface area contributed by atoms with Gasteiger partial charge in [-0.05, 0) is 6.07 Å². The van der Waals surface area contributed by atoms with Crippen LogP contribution in [0.15, 0.2) is 55.6 Å². The third-order valence-corrected chi connectivity index (χ3v) is 4.61. The van der Waals surface area contributed by atoms with Gasteiger partial charge in [-0.25, -0.2) is 14.6 Å². The van der Waals surface area contributed by atoms with Crippen molar-refractivity contribution < 1.29 is 18.0 Å². The lowest BCUT2D eigenvalue weighted by molar-refractivity contribution is -0.141. The molecular weight excluding hydrogens is 455 g/mol. The summed E-state index contributed by atoms with van der Waals surface area (Å²) in [5, 5.41) is 23.1. The zero-order valence-corrected chi connectivity index (χ0v) is 16.7. The minimum Gasteiger partial charge on any atom is -0.320 e. The maximum absolute atomic E-state index is 13.7. The number of amides is 1. The third kappa shape index (κ3) is 3.58. The molecule has 0 bridgehead atoms. The summed E-state index contributed by atoms with van der Waals surface area (Å²) in [6, 6.07) is 3.13. The lowest BCUT2D eigenvalue weighted by Crippen LogP contribution is -2.18. The predicted octanol–water partition coefficient (Wildman–Crippen LogP) is 2.03. The summed E-state index contributed by atoms with van der Waals surface area (Å²) in [5.74, 6) is -0.862. The van der Waals surface area contributed by atoms with Crippen molar-refractivity contribution in [2.45, 2.75) is 6.18 Å². The van der Waals surface area contributed by atoms with Crippen LogP contribution in [0.2, 0.25) is 0 Å². The fourth-order valence-electron chi connectivity index (χ4n) is 3.16. The van der Waals surface area contributed by atoms with Crippen molar-refractivity contribution in [2.75, 3.05) is 5.32 Å². The van der Waals surface area contributed by atoms with E-state index in [4.69, 9.17) is 0 Å². The third-order valence-electron chi connectivity index (χ3n) is 4.61. The standard InChI is InChI=1S/C19H10F3N11O/c20-19(21,22)16-13(10-32(30-16)15-9-24-8-14-25-3-4-31(14)15)18(34)29-12-5-11(6-23)17(26-7-12)33-27-1-2-28-33/h1-5,7-10H,(H,29,34). The number of alkyl halides is 3. The number of aromatic nitrogens is 9. The summed E-state index contributed by atoms with van der Waals surface area (Å²) in [6.45, 7) is 0. The predicted molar refractivity (Wildman–Crippen MR) is 107 cm³/mol. The van der Waals surface area contributed by atoms with Crippen molar-refractivity contribution in [1.82, 2.24) is 44.1 Å². The highest BCUT2D eigenvalue weighted by atomic mass is 19.4. The van der Waals surface area contributed by atoms with Gasteiger partial charge in [0.15, 0.2) is 23.0 Å². The van der Waals surface area contributed by atoms with E-state index in [2.05, 4.69) is 35.6 Å². The number of fused-ring (bicyclic) bond motifs is 1. The molecule has 0 saturated heterocycles. The van der Waals surface area contributed by atoms with Crippen LogP contribution in [0.3, 0.4) is 0 Å². The topological polar surface area (TPSA) is 144 Å². The number of carbonyl (C=O) groups excluding carboxylic acids is 1. The van der Waals surface area contributed by atoms with Gasteiger partial charge in [-0.1, -0.05) is 0 Å². The van der Waals surface area contributed by atoms with E-state index in [9.17, 15) is 23.2 Å². The average molecular weight is 465 g/mol. The normalized spacial score (nSPS) is 11.5. The van der Waals surface area contributed by atoms with Crippen LogP contribution in [0, 0.1) is 11.3 Å². The SMILES string of the molecule is N#Cc1cc(NC(=O)c2cn(-c3cncc4nccn34)nc2C(F)(F)F)cnc1-n1nccn1. The number of pyridine rings is 1. The summed E-state index contributed by atoms with van der Waals surface area (Å²) in [6.07, 6.45) is 5.64. The second-order valence-corrected chi connectivity index (χ2v) is 6.73. The lowest BCUT2D eigenvalue weighted by atomic mass is 10.2. The Hall–Kier alpha value is -5.13. The van der Waals surface area contributed by atoms with Gasteiger partial charge in [-0.15, -0.1) is 4.80 Å². The number of hydrogen-bond donors (Lipinski definition) is 1. The van der Waals surface area contributed by atoms with Gasteiger partial charge in [0, 0.05) is 18.6 Å². The monoisotopic (exact) mass is 465 g/mol. The number of nitrogens with one attached hydrogen (secondary N) is 1. The molecular formula is C19H10F3N11O. The minimum absolute atomic E-state index is 0.00130. The molecule has 5 aromatic heterocycles. The largest absolute Gasteiger partial charge is 0.435 e. The molecule has 1 N–H and O–H groups in total. The fraction of sp³-hybridized carbons (Fsp3) is 0.0526. The van der Waals surface area contributed by atoms with Gasteiger partial charge in [-0.3, -0.25) is 14.2 Å². The summed E-state index contributed by atoms with van der Waals surface area (Å²) in [5.41, 5.74) is -1.75. The molecule has 0 unspecified atom stereocenters. The molecule has 0 aromatic carbocycles. The highest BCUT2D eigenvalue weighted by Gasteiger charge is 2.39. The lowest BCUT2D eigenvalue weighted by Gasteiger charge is -2.08. The molecule has 0 fully saturated rings. The quantitative estimate of drug-likeness (QED) is 0.425. The van der Waals surface area contributed by atoms with E-state index in [1.165, 1.54) is 53.8 Å². The van der Waals surface area contributed by atoms with Crippen molar-refractivity contribution in [3.8, 4) is 17.7 Å². The van der Waals surface area contributed by atoms with E-state index in [1.54, 1.807) is 0 Å². The molecule has 0 spiro atoms. The van der Waals surface area contributed by atoms with E-state index in [1.807, 2.05) is 6.07 Å². The van der Waals surface area contributed by atoms with Crippen LogP contribution in [0.5, 0.6) is 0 Å². The van der Waals surface area contributed by atoms with E-state index in [-0.39, 0.29) is 22.9 Å². The zero-order valence-electron chi connectivity index (χ0n) is 16.7. The van der Waals surface area contributed by atoms with E-state index in [0.717, 1.165) is 15.7 Å². The van der Waals surface area contributed by atoms with Crippen molar-refractivity contribution in [3.05, 3.63) is 72.5 Å². The first-order chi connectivity index (χ1) is 16.3. The van der Waals surface area contributed by atoms with Gasteiger partial charge < -0.3 is 5.32 Å². The maximum Gasteiger partial charge on any atom is 0.435 e. The van der Waals surface area contributed by atoms with Crippen molar-refractivity contribution in [2.24, 2.45) is 0 Å². The first-order valence-corrected chi connectivity index (χ1v) is 9.37. The minimum atomic E-state index is -4.92. The fourth-order valence-corrected chi connectivity index (χ4v) is 3.16. The van der Waals surface area contributed by atoms with Gasteiger partial charge in [0.25, 0.3) is 5.91 Å². The Labute approximate surface area is 186 Å². The molecule has 5 aromatic rings. The zero-order chi connectivity index (χ0) is 23.9. The first-order valence-electron chi connectivity index (χ1n) is 9.37. The van der Waals surface area contributed by atoms with Gasteiger partial charge >= 0.3 is 6.18 Å². The Balaban J connectivity index is 1.52. The van der Waals surface area contributed by atoms with Crippen LogP contribution in [0.1, 0.15) is 21.6 Å². The number of halogens is 3. The Morgan fingerprint density at radius 1 is 1.09 bits per heavy atom.